The van der Waals surface area contributed by atoms with Crippen molar-refractivity contribution in [1.29, 1.82) is 0 Å². The van der Waals surface area contributed by atoms with E-state index in [1.807, 2.05) is 59.5 Å². The zero-order chi connectivity index (χ0) is 25.6. The van der Waals surface area contributed by atoms with Gasteiger partial charge in [0.1, 0.15) is 6.54 Å². The maximum atomic E-state index is 14.1. The second-order valence-electron chi connectivity index (χ2n) is 9.53. The van der Waals surface area contributed by atoms with Crippen LogP contribution in [0, 0.1) is 0 Å². The van der Waals surface area contributed by atoms with Gasteiger partial charge in [0.25, 0.3) is 5.91 Å². The highest BCUT2D eigenvalue weighted by Gasteiger charge is 2.33. The molecule has 0 radical (unpaired) electrons. The molecule has 4 aromatic rings. The van der Waals surface area contributed by atoms with Crippen LogP contribution < -0.4 is 0 Å². The van der Waals surface area contributed by atoms with Gasteiger partial charge < -0.3 is 14.6 Å². The lowest BCUT2D eigenvalue weighted by atomic mass is 9.99. The van der Waals surface area contributed by atoms with Gasteiger partial charge in [0, 0.05) is 38.4 Å². The number of carboxylic acid groups (broad SMARTS) is 1. The van der Waals surface area contributed by atoms with Crippen LogP contribution in [0.4, 0.5) is 0 Å². The van der Waals surface area contributed by atoms with Crippen molar-refractivity contribution in [3.05, 3.63) is 120 Å². The van der Waals surface area contributed by atoms with Crippen molar-refractivity contribution in [3.63, 3.8) is 0 Å². The summed E-state index contributed by atoms with van der Waals surface area (Å²) in [5, 5.41) is 9.47. The van der Waals surface area contributed by atoms with Crippen LogP contribution in [0.1, 0.15) is 21.5 Å². The van der Waals surface area contributed by atoms with Crippen LogP contribution in [0.3, 0.4) is 0 Å². The Bertz CT molecular complexity index is 1340. The zero-order valence-electron chi connectivity index (χ0n) is 20.7. The van der Waals surface area contributed by atoms with Gasteiger partial charge in [-0.25, -0.2) is 0 Å². The number of nitrogens with zero attached hydrogens (tertiary/aromatic N) is 3. The zero-order valence-corrected chi connectivity index (χ0v) is 20.7. The van der Waals surface area contributed by atoms with Crippen LogP contribution in [-0.4, -0.2) is 57.0 Å². The monoisotopic (exact) mass is 493 g/mol. The van der Waals surface area contributed by atoms with Gasteiger partial charge in [0.05, 0.1) is 11.3 Å². The second-order valence-corrected chi connectivity index (χ2v) is 9.53. The molecule has 1 N–H and O–H groups in total. The Hall–Kier alpha value is -4.16. The molecule has 0 bridgehead atoms. The summed E-state index contributed by atoms with van der Waals surface area (Å²) in [5.74, 6) is -0.994. The molecule has 6 nitrogen and oxygen atoms in total. The van der Waals surface area contributed by atoms with Crippen LogP contribution >= 0.6 is 0 Å². The summed E-state index contributed by atoms with van der Waals surface area (Å²) in [7, 11) is 0. The number of carbonyl (C=O) groups is 2. The van der Waals surface area contributed by atoms with E-state index in [0.717, 1.165) is 31.6 Å². The molecule has 1 atom stereocenters. The first-order valence-corrected chi connectivity index (χ1v) is 12.7. The Morgan fingerprint density at radius 2 is 1.41 bits per heavy atom. The number of piperazine rings is 1. The Morgan fingerprint density at radius 1 is 0.784 bits per heavy atom. The highest BCUT2D eigenvalue weighted by atomic mass is 16.4. The van der Waals surface area contributed by atoms with Crippen molar-refractivity contribution in [2.75, 3.05) is 19.6 Å². The molecule has 37 heavy (non-hydrogen) atoms. The maximum absolute atomic E-state index is 14.1. The lowest BCUT2D eigenvalue weighted by Gasteiger charge is -2.42. The quantitative estimate of drug-likeness (QED) is 0.383. The molecule has 2 heterocycles. The molecule has 0 spiro atoms. The van der Waals surface area contributed by atoms with E-state index in [4.69, 9.17) is 0 Å². The smallest absolute Gasteiger partial charge is 0.323 e. The molecular weight excluding hydrogens is 462 g/mol. The standard InChI is InChI=1S/C31H31N3O3/c35-29(36)23-33-17-16-28(30(33)26-14-8-3-9-15-26)31(37)34-19-18-32(21-25-12-6-2-7-13-25)22-27(34)20-24-10-4-1-5-11-24/h1-17,27H,18-23H2,(H,35,36)/t27-/m1/s1. The van der Waals surface area contributed by atoms with Crippen LogP contribution in [-0.2, 0) is 24.3 Å². The topological polar surface area (TPSA) is 65.8 Å². The Balaban J connectivity index is 1.45. The fraction of sp³-hybridized carbons (Fsp3) is 0.226. The predicted octanol–water partition coefficient (Wildman–Crippen LogP) is 4.81. The summed E-state index contributed by atoms with van der Waals surface area (Å²) >= 11 is 0. The molecule has 1 amide bonds. The van der Waals surface area contributed by atoms with E-state index < -0.39 is 5.97 Å². The first kappa shape index (κ1) is 24.5. The molecule has 5 rings (SSSR count). The molecule has 1 fully saturated rings. The number of aromatic nitrogens is 1. The lowest BCUT2D eigenvalue weighted by molar-refractivity contribution is -0.137. The lowest BCUT2D eigenvalue weighted by Crippen LogP contribution is -2.55. The molecular formula is C31H31N3O3. The normalized spacial score (nSPS) is 16.0. The summed E-state index contributed by atoms with van der Waals surface area (Å²) in [5.41, 5.74) is 4.48. The Labute approximate surface area is 217 Å². The molecule has 188 valence electrons. The van der Waals surface area contributed by atoms with E-state index in [-0.39, 0.29) is 18.5 Å². The van der Waals surface area contributed by atoms with Gasteiger partial charge in [-0.3, -0.25) is 14.5 Å². The summed E-state index contributed by atoms with van der Waals surface area (Å²) < 4.78 is 1.66. The van der Waals surface area contributed by atoms with Crippen molar-refractivity contribution in [3.8, 4) is 11.3 Å². The van der Waals surface area contributed by atoms with Crippen molar-refractivity contribution < 1.29 is 14.7 Å². The molecule has 0 saturated carbocycles. The van der Waals surface area contributed by atoms with Crippen molar-refractivity contribution in [2.24, 2.45) is 0 Å². The summed E-state index contributed by atoms with van der Waals surface area (Å²) in [6, 6.07) is 32.0. The minimum Gasteiger partial charge on any atom is -0.480 e. The van der Waals surface area contributed by atoms with Crippen LogP contribution in [0.2, 0.25) is 0 Å². The van der Waals surface area contributed by atoms with E-state index in [1.165, 1.54) is 11.1 Å². The molecule has 1 aliphatic rings. The van der Waals surface area contributed by atoms with Gasteiger partial charge in [-0.2, -0.15) is 0 Å². The van der Waals surface area contributed by atoms with E-state index in [0.29, 0.717) is 17.8 Å². The maximum Gasteiger partial charge on any atom is 0.323 e. The van der Waals surface area contributed by atoms with Gasteiger partial charge in [0.15, 0.2) is 0 Å². The van der Waals surface area contributed by atoms with E-state index in [9.17, 15) is 14.7 Å². The Kier molecular flexibility index (Phi) is 7.47. The molecule has 6 heteroatoms. The minimum absolute atomic E-state index is 0.00110. The van der Waals surface area contributed by atoms with E-state index in [1.54, 1.807) is 16.8 Å². The highest BCUT2D eigenvalue weighted by molar-refractivity contribution is 6.00. The number of benzene rings is 3. The number of carbonyl (C=O) groups excluding carboxylic acids is 1. The fourth-order valence-corrected chi connectivity index (χ4v) is 5.23. The van der Waals surface area contributed by atoms with Crippen LogP contribution in [0.25, 0.3) is 11.3 Å². The third-order valence-electron chi connectivity index (χ3n) is 6.94. The average molecular weight is 494 g/mol. The van der Waals surface area contributed by atoms with E-state index in [2.05, 4.69) is 41.3 Å². The average Bonchev–Trinajstić information content (AvgIpc) is 3.33. The predicted molar refractivity (Wildman–Crippen MR) is 144 cm³/mol. The number of rotatable bonds is 8. The SMILES string of the molecule is O=C(O)Cn1ccc(C(=O)N2CCN(Cc3ccccc3)C[C@H]2Cc2ccccc2)c1-c1ccccc1. The van der Waals surface area contributed by atoms with Crippen LogP contribution in [0.5, 0.6) is 0 Å². The minimum atomic E-state index is -0.941. The number of hydrogen-bond donors (Lipinski definition) is 1. The fourth-order valence-electron chi connectivity index (χ4n) is 5.23. The molecule has 3 aromatic carbocycles. The van der Waals surface area contributed by atoms with E-state index >= 15 is 0 Å². The molecule has 0 aliphatic carbocycles. The Morgan fingerprint density at radius 3 is 2.05 bits per heavy atom. The summed E-state index contributed by atoms with van der Waals surface area (Å²) in [4.78, 5) is 30.1. The molecule has 1 saturated heterocycles. The van der Waals surface area contributed by atoms with Crippen molar-refractivity contribution >= 4 is 11.9 Å². The van der Waals surface area contributed by atoms with Gasteiger partial charge >= 0.3 is 5.97 Å². The largest absolute Gasteiger partial charge is 0.480 e. The van der Waals surface area contributed by atoms with Gasteiger partial charge in [-0.15, -0.1) is 0 Å². The van der Waals surface area contributed by atoms with Crippen LogP contribution in [0.15, 0.2) is 103 Å². The number of aliphatic carboxylic acids is 1. The molecule has 0 unspecified atom stereocenters. The number of hydrogen-bond acceptors (Lipinski definition) is 3. The van der Waals surface area contributed by atoms with Gasteiger partial charge in [-0.05, 0) is 29.2 Å². The highest BCUT2D eigenvalue weighted by Crippen LogP contribution is 2.28. The third-order valence-corrected chi connectivity index (χ3v) is 6.94. The van der Waals surface area contributed by atoms with Gasteiger partial charge in [-0.1, -0.05) is 91.0 Å². The first-order chi connectivity index (χ1) is 18.1. The van der Waals surface area contributed by atoms with Crippen molar-refractivity contribution in [2.45, 2.75) is 25.6 Å². The summed E-state index contributed by atoms with van der Waals surface area (Å²) in [6.07, 6.45) is 2.47. The van der Waals surface area contributed by atoms with Gasteiger partial charge in [0.2, 0.25) is 0 Å². The number of carboxylic acids is 1. The molecule has 1 aromatic heterocycles. The first-order valence-electron chi connectivity index (χ1n) is 12.7. The van der Waals surface area contributed by atoms with Crippen molar-refractivity contribution in [1.82, 2.24) is 14.4 Å². The second kappa shape index (κ2) is 11.3. The molecule has 1 aliphatic heterocycles. The third kappa shape index (κ3) is 5.81. The number of amides is 1. The summed E-state index contributed by atoms with van der Waals surface area (Å²) in [6.45, 7) is 2.81.